The highest BCUT2D eigenvalue weighted by Crippen LogP contribution is 2.22. The van der Waals surface area contributed by atoms with Crippen LogP contribution in [0.25, 0.3) is 0 Å². The summed E-state index contributed by atoms with van der Waals surface area (Å²) in [6.45, 7) is 3.15. The summed E-state index contributed by atoms with van der Waals surface area (Å²) in [4.78, 5) is 12.6. The van der Waals surface area contributed by atoms with Crippen LogP contribution in [0.2, 0.25) is 5.02 Å². The van der Waals surface area contributed by atoms with Gasteiger partial charge in [0.1, 0.15) is 5.69 Å². The molecule has 0 spiro atoms. The van der Waals surface area contributed by atoms with Crippen LogP contribution >= 0.6 is 11.6 Å². The number of sulfonamides is 1. The van der Waals surface area contributed by atoms with Crippen LogP contribution in [0.5, 0.6) is 0 Å². The standard InChI is InChI=1S/C16H19ClN4O4S/c1-11-14(17)15(20(2)19-11)16(22)18-12-3-5-13(6-4-12)26(23,24)21-7-9-25-10-8-21/h3-6H,7-10H2,1-2H3,(H,18,22). The average molecular weight is 399 g/mol. The van der Waals surface area contributed by atoms with E-state index in [4.69, 9.17) is 16.3 Å². The molecule has 0 atom stereocenters. The summed E-state index contributed by atoms with van der Waals surface area (Å²) in [5, 5.41) is 7.09. The molecule has 1 aromatic heterocycles. The van der Waals surface area contributed by atoms with Gasteiger partial charge in [-0.05, 0) is 31.2 Å². The van der Waals surface area contributed by atoms with Crippen molar-refractivity contribution >= 4 is 33.2 Å². The third kappa shape index (κ3) is 3.61. The van der Waals surface area contributed by atoms with E-state index in [2.05, 4.69) is 10.4 Å². The van der Waals surface area contributed by atoms with Crippen molar-refractivity contribution in [3.63, 3.8) is 0 Å². The number of rotatable bonds is 4. The zero-order chi connectivity index (χ0) is 18.9. The van der Waals surface area contributed by atoms with Gasteiger partial charge in [-0.3, -0.25) is 9.48 Å². The van der Waals surface area contributed by atoms with Crippen LogP contribution in [-0.2, 0) is 21.8 Å². The van der Waals surface area contributed by atoms with Gasteiger partial charge in [0.05, 0.1) is 28.8 Å². The molecule has 1 N–H and O–H groups in total. The van der Waals surface area contributed by atoms with E-state index in [9.17, 15) is 13.2 Å². The van der Waals surface area contributed by atoms with Gasteiger partial charge in [-0.15, -0.1) is 0 Å². The Bertz CT molecular complexity index is 918. The van der Waals surface area contributed by atoms with Crippen molar-refractivity contribution in [3.8, 4) is 0 Å². The molecule has 2 heterocycles. The minimum absolute atomic E-state index is 0.173. The number of carbonyl (C=O) groups is 1. The Morgan fingerprint density at radius 2 is 1.85 bits per heavy atom. The first-order valence-corrected chi connectivity index (χ1v) is 9.81. The maximum absolute atomic E-state index is 12.6. The van der Waals surface area contributed by atoms with Gasteiger partial charge < -0.3 is 10.1 Å². The first kappa shape index (κ1) is 18.8. The lowest BCUT2D eigenvalue weighted by atomic mass is 10.3. The van der Waals surface area contributed by atoms with Crippen molar-refractivity contribution in [2.24, 2.45) is 7.05 Å². The van der Waals surface area contributed by atoms with Crippen LogP contribution in [0.3, 0.4) is 0 Å². The zero-order valence-corrected chi connectivity index (χ0v) is 16.0. The predicted molar refractivity (Wildman–Crippen MR) is 96.9 cm³/mol. The molecular weight excluding hydrogens is 380 g/mol. The normalized spacial score (nSPS) is 15.8. The number of amides is 1. The Hall–Kier alpha value is -1.94. The first-order chi connectivity index (χ1) is 12.3. The molecule has 1 amide bonds. The zero-order valence-electron chi connectivity index (χ0n) is 14.4. The van der Waals surface area contributed by atoms with Gasteiger partial charge in [-0.25, -0.2) is 8.42 Å². The van der Waals surface area contributed by atoms with Crippen LogP contribution in [0.15, 0.2) is 29.2 Å². The van der Waals surface area contributed by atoms with E-state index in [-0.39, 0.29) is 15.6 Å². The lowest BCUT2D eigenvalue weighted by molar-refractivity contribution is 0.0730. The molecule has 3 rings (SSSR count). The van der Waals surface area contributed by atoms with Crippen molar-refractivity contribution < 1.29 is 17.9 Å². The largest absolute Gasteiger partial charge is 0.379 e. The molecule has 2 aromatic rings. The second kappa shape index (κ2) is 7.36. The van der Waals surface area contributed by atoms with Gasteiger partial charge in [0.15, 0.2) is 0 Å². The number of hydrogen-bond donors (Lipinski definition) is 1. The van der Waals surface area contributed by atoms with Crippen LogP contribution in [0.4, 0.5) is 5.69 Å². The van der Waals surface area contributed by atoms with Gasteiger partial charge in [0, 0.05) is 25.8 Å². The Morgan fingerprint density at radius 1 is 1.23 bits per heavy atom. The number of carbonyl (C=O) groups excluding carboxylic acids is 1. The number of halogens is 1. The Labute approximate surface area is 156 Å². The molecular formula is C16H19ClN4O4S. The molecule has 1 aliphatic rings. The highest BCUT2D eigenvalue weighted by molar-refractivity contribution is 7.89. The summed E-state index contributed by atoms with van der Waals surface area (Å²) >= 11 is 6.11. The predicted octanol–water partition coefficient (Wildman–Crippen LogP) is 1.66. The lowest BCUT2D eigenvalue weighted by Gasteiger charge is -2.26. The third-order valence-electron chi connectivity index (χ3n) is 4.08. The second-order valence-electron chi connectivity index (χ2n) is 5.87. The van der Waals surface area contributed by atoms with Crippen LogP contribution < -0.4 is 5.32 Å². The van der Waals surface area contributed by atoms with Gasteiger partial charge in [0.2, 0.25) is 10.0 Å². The average Bonchev–Trinajstić information content (AvgIpc) is 2.88. The van der Waals surface area contributed by atoms with Gasteiger partial charge in [-0.1, -0.05) is 11.6 Å². The fourth-order valence-electron chi connectivity index (χ4n) is 2.72. The fourth-order valence-corrected chi connectivity index (χ4v) is 4.37. The van der Waals surface area contributed by atoms with Crippen molar-refractivity contribution in [2.75, 3.05) is 31.6 Å². The molecule has 140 valence electrons. The summed E-state index contributed by atoms with van der Waals surface area (Å²) in [5.74, 6) is -0.415. The van der Waals surface area contributed by atoms with E-state index < -0.39 is 15.9 Å². The molecule has 1 aliphatic heterocycles. The number of benzene rings is 1. The molecule has 0 saturated carbocycles. The second-order valence-corrected chi connectivity index (χ2v) is 8.18. The quantitative estimate of drug-likeness (QED) is 0.845. The van der Waals surface area contributed by atoms with E-state index in [1.54, 1.807) is 26.1 Å². The number of hydrogen-bond acceptors (Lipinski definition) is 5. The number of ether oxygens (including phenoxy) is 1. The Morgan fingerprint density at radius 3 is 2.38 bits per heavy atom. The molecule has 0 aliphatic carbocycles. The monoisotopic (exact) mass is 398 g/mol. The summed E-state index contributed by atoms with van der Waals surface area (Å²) in [7, 11) is -1.93. The van der Waals surface area contributed by atoms with E-state index >= 15 is 0 Å². The minimum Gasteiger partial charge on any atom is -0.379 e. The molecule has 8 nitrogen and oxygen atoms in total. The summed E-state index contributed by atoms with van der Waals surface area (Å²) < 4.78 is 33.2. The van der Waals surface area contributed by atoms with E-state index in [0.29, 0.717) is 37.7 Å². The van der Waals surface area contributed by atoms with Crippen molar-refractivity contribution in [3.05, 3.63) is 40.7 Å². The summed E-state index contributed by atoms with van der Waals surface area (Å²) in [6, 6.07) is 6.03. The highest BCUT2D eigenvalue weighted by Gasteiger charge is 2.26. The van der Waals surface area contributed by atoms with Gasteiger partial charge >= 0.3 is 0 Å². The molecule has 1 saturated heterocycles. The summed E-state index contributed by atoms with van der Waals surface area (Å²) in [6.07, 6.45) is 0. The van der Waals surface area contributed by atoms with E-state index in [1.165, 1.54) is 21.1 Å². The Kier molecular flexibility index (Phi) is 5.33. The van der Waals surface area contributed by atoms with Gasteiger partial charge in [-0.2, -0.15) is 9.40 Å². The van der Waals surface area contributed by atoms with Crippen LogP contribution in [-0.4, -0.2) is 54.7 Å². The number of aryl methyl sites for hydroxylation is 2. The number of nitrogens with zero attached hydrogens (tertiary/aromatic N) is 3. The SMILES string of the molecule is Cc1nn(C)c(C(=O)Nc2ccc(S(=O)(=O)N3CCOCC3)cc2)c1Cl. The van der Waals surface area contributed by atoms with E-state index in [1.807, 2.05) is 0 Å². The Balaban J connectivity index is 1.76. The third-order valence-corrected chi connectivity index (χ3v) is 6.45. The van der Waals surface area contributed by atoms with Gasteiger partial charge in [0.25, 0.3) is 5.91 Å². The van der Waals surface area contributed by atoms with E-state index in [0.717, 1.165) is 0 Å². The molecule has 0 bridgehead atoms. The summed E-state index contributed by atoms with van der Waals surface area (Å²) in [5.41, 5.74) is 1.27. The topological polar surface area (TPSA) is 93.5 Å². The van der Waals surface area contributed by atoms with Crippen molar-refractivity contribution in [1.29, 1.82) is 0 Å². The number of anilines is 1. The number of nitrogens with one attached hydrogen (secondary N) is 1. The van der Waals surface area contributed by atoms with Crippen LogP contribution in [0.1, 0.15) is 16.2 Å². The smallest absolute Gasteiger partial charge is 0.275 e. The molecule has 10 heteroatoms. The first-order valence-electron chi connectivity index (χ1n) is 7.99. The number of aromatic nitrogens is 2. The molecule has 1 fully saturated rings. The van der Waals surface area contributed by atoms with Crippen molar-refractivity contribution in [1.82, 2.24) is 14.1 Å². The minimum atomic E-state index is -3.56. The molecule has 0 unspecified atom stereocenters. The molecule has 26 heavy (non-hydrogen) atoms. The van der Waals surface area contributed by atoms with Crippen LogP contribution in [0, 0.1) is 6.92 Å². The lowest BCUT2D eigenvalue weighted by Crippen LogP contribution is -2.40. The molecule has 1 aromatic carbocycles. The maximum Gasteiger partial charge on any atom is 0.275 e. The molecule has 0 radical (unpaired) electrons. The fraction of sp³-hybridized carbons (Fsp3) is 0.375. The maximum atomic E-state index is 12.6. The number of morpholine rings is 1. The van der Waals surface area contributed by atoms with Crippen molar-refractivity contribution in [2.45, 2.75) is 11.8 Å². The highest BCUT2D eigenvalue weighted by atomic mass is 35.5.